The number of anilines is 1. The Labute approximate surface area is 183 Å². The second kappa shape index (κ2) is 8.17. The molecule has 0 atom stereocenters. The SMILES string of the molecule is Cc1ccc(C)c(N2CCN(C(=O)Cn3c(=O)c(C)nc4cc(C)c(C)cc43)CC2)c1. The summed E-state index contributed by atoms with van der Waals surface area (Å²) in [6, 6.07) is 10.4. The topological polar surface area (TPSA) is 58.4 Å². The average molecular weight is 419 g/mol. The fraction of sp³-hybridized carbons (Fsp3) is 0.400. The summed E-state index contributed by atoms with van der Waals surface area (Å²) in [5.41, 5.74) is 7.64. The zero-order valence-electron chi connectivity index (χ0n) is 19.0. The van der Waals surface area contributed by atoms with Crippen molar-refractivity contribution in [2.45, 2.75) is 41.2 Å². The molecule has 0 aliphatic carbocycles. The summed E-state index contributed by atoms with van der Waals surface area (Å²) in [4.78, 5) is 34.6. The minimum absolute atomic E-state index is 0.0205. The van der Waals surface area contributed by atoms with Gasteiger partial charge in [0, 0.05) is 31.9 Å². The molecule has 1 aliphatic heterocycles. The van der Waals surface area contributed by atoms with Crippen LogP contribution < -0.4 is 10.5 Å². The monoisotopic (exact) mass is 418 g/mol. The molecule has 0 unspecified atom stereocenters. The molecule has 1 aliphatic rings. The molecule has 0 spiro atoms. The Morgan fingerprint density at radius 1 is 0.903 bits per heavy atom. The van der Waals surface area contributed by atoms with E-state index < -0.39 is 0 Å². The normalized spacial score (nSPS) is 14.4. The second-order valence-electron chi connectivity index (χ2n) is 8.67. The summed E-state index contributed by atoms with van der Waals surface area (Å²) < 4.78 is 1.59. The number of hydrogen-bond donors (Lipinski definition) is 0. The van der Waals surface area contributed by atoms with Gasteiger partial charge in [0.05, 0.1) is 11.0 Å². The Bertz CT molecular complexity index is 1220. The lowest BCUT2D eigenvalue weighted by molar-refractivity contribution is -0.132. The van der Waals surface area contributed by atoms with Crippen molar-refractivity contribution in [1.29, 1.82) is 0 Å². The highest BCUT2D eigenvalue weighted by atomic mass is 16.2. The van der Waals surface area contributed by atoms with Crippen molar-refractivity contribution in [3.63, 3.8) is 0 Å². The smallest absolute Gasteiger partial charge is 0.272 e. The molecular weight excluding hydrogens is 388 g/mol. The first-order valence-electron chi connectivity index (χ1n) is 10.8. The summed E-state index contributed by atoms with van der Waals surface area (Å²) in [7, 11) is 0. The molecule has 6 nitrogen and oxygen atoms in total. The number of aryl methyl sites for hydroxylation is 5. The van der Waals surface area contributed by atoms with Crippen LogP contribution in [0.2, 0.25) is 0 Å². The van der Waals surface area contributed by atoms with Gasteiger partial charge in [-0.1, -0.05) is 12.1 Å². The standard InChI is InChI=1S/C25H30N4O2/c1-16-6-7-17(2)22(12-16)27-8-10-28(11-9-27)24(30)15-29-23-14-19(4)18(3)13-21(23)26-20(5)25(29)31/h6-7,12-14H,8-11,15H2,1-5H3. The summed E-state index contributed by atoms with van der Waals surface area (Å²) in [5, 5.41) is 0. The molecule has 6 heteroatoms. The van der Waals surface area contributed by atoms with Gasteiger partial charge in [-0.2, -0.15) is 0 Å². The van der Waals surface area contributed by atoms with Gasteiger partial charge in [-0.3, -0.25) is 14.2 Å². The number of fused-ring (bicyclic) bond motifs is 1. The molecule has 2 aromatic carbocycles. The first kappa shape index (κ1) is 21.1. The lowest BCUT2D eigenvalue weighted by Gasteiger charge is -2.37. The number of amides is 1. The third-order valence-corrected chi connectivity index (χ3v) is 6.36. The minimum Gasteiger partial charge on any atom is -0.368 e. The molecule has 0 saturated carbocycles. The van der Waals surface area contributed by atoms with Gasteiger partial charge in [0.15, 0.2) is 0 Å². The van der Waals surface area contributed by atoms with Crippen LogP contribution in [0.15, 0.2) is 35.1 Å². The number of carbonyl (C=O) groups is 1. The van der Waals surface area contributed by atoms with Crippen molar-refractivity contribution in [3.05, 3.63) is 68.6 Å². The molecule has 3 aromatic rings. The Kier molecular flexibility index (Phi) is 5.56. The van der Waals surface area contributed by atoms with Crippen LogP contribution in [0.25, 0.3) is 11.0 Å². The highest BCUT2D eigenvalue weighted by molar-refractivity contribution is 5.81. The lowest BCUT2D eigenvalue weighted by atomic mass is 10.1. The molecule has 4 rings (SSSR count). The number of nitrogens with zero attached hydrogens (tertiary/aromatic N) is 4. The van der Waals surface area contributed by atoms with E-state index in [9.17, 15) is 9.59 Å². The minimum atomic E-state index is -0.196. The van der Waals surface area contributed by atoms with Crippen molar-refractivity contribution in [3.8, 4) is 0 Å². The number of rotatable bonds is 3. The molecule has 1 aromatic heterocycles. The summed E-state index contributed by atoms with van der Waals surface area (Å²) in [5.74, 6) is -0.0205. The van der Waals surface area contributed by atoms with E-state index in [0.29, 0.717) is 18.8 Å². The molecule has 0 radical (unpaired) electrons. The van der Waals surface area contributed by atoms with Gasteiger partial charge >= 0.3 is 0 Å². The van der Waals surface area contributed by atoms with E-state index >= 15 is 0 Å². The van der Waals surface area contributed by atoms with E-state index in [1.807, 2.05) is 30.9 Å². The van der Waals surface area contributed by atoms with Crippen LogP contribution in [0.4, 0.5) is 5.69 Å². The highest BCUT2D eigenvalue weighted by Crippen LogP contribution is 2.23. The maximum atomic E-state index is 13.1. The fourth-order valence-corrected chi connectivity index (χ4v) is 4.27. The summed E-state index contributed by atoms with van der Waals surface area (Å²) >= 11 is 0. The van der Waals surface area contributed by atoms with Crippen LogP contribution in [0.3, 0.4) is 0 Å². The Balaban J connectivity index is 1.54. The zero-order chi connectivity index (χ0) is 22.3. The van der Waals surface area contributed by atoms with Gasteiger partial charge < -0.3 is 9.80 Å². The van der Waals surface area contributed by atoms with E-state index in [-0.39, 0.29) is 18.0 Å². The fourth-order valence-electron chi connectivity index (χ4n) is 4.27. The molecular formula is C25H30N4O2. The highest BCUT2D eigenvalue weighted by Gasteiger charge is 2.23. The number of hydrogen-bond acceptors (Lipinski definition) is 4. The van der Waals surface area contributed by atoms with Gasteiger partial charge in [-0.05, 0) is 75.1 Å². The number of aromatic nitrogens is 2. The van der Waals surface area contributed by atoms with Crippen molar-refractivity contribution < 1.29 is 4.79 Å². The lowest BCUT2D eigenvalue weighted by Crippen LogP contribution is -2.50. The van der Waals surface area contributed by atoms with Crippen LogP contribution in [-0.2, 0) is 11.3 Å². The van der Waals surface area contributed by atoms with E-state index in [4.69, 9.17) is 0 Å². The second-order valence-corrected chi connectivity index (χ2v) is 8.67. The molecule has 0 bridgehead atoms. The van der Waals surface area contributed by atoms with Crippen LogP contribution in [-0.4, -0.2) is 46.5 Å². The summed E-state index contributed by atoms with van der Waals surface area (Å²) in [6.07, 6.45) is 0. The first-order valence-corrected chi connectivity index (χ1v) is 10.8. The number of carbonyl (C=O) groups excluding carboxylic acids is 1. The average Bonchev–Trinajstić information content (AvgIpc) is 2.75. The zero-order valence-corrected chi connectivity index (χ0v) is 19.0. The quantitative estimate of drug-likeness (QED) is 0.655. The van der Waals surface area contributed by atoms with E-state index in [1.54, 1.807) is 11.5 Å². The van der Waals surface area contributed by atoms with Crippen molar-refractivity contribution in [2.75, 3.05) is 31.1 Å². The number of benzene rings is 2. The molecule has 0 N–H and O–H groups in total. The maximum Gasteiger partial charge on any atom is 0.272 e. The van der Waals surface area contributed by atoms with E-state index in [2.05, 4.69) is 41.9 Å². The molecule has 2 heterocycles. The number of piperazine rings is 1. The van der Waals surface area contributed by atoms with Crippen LogP contribution in [0, 0.1) is 34.6 Å². The predicted molar refractivity (Wildman–Crippen MR) is 125 cm³/mol. The van der Waals surface area contributed by atoms with Gasteiger partial charge in [0.1, 0.15) is 12.2 Å². The van der Waals surface area contributed by atoms with Gasteiger partial charge in [0.2, 0.25) is 5.91 Å². The molecule has 162 valence electrons. The third-order valence-electron chi connectivity index (χ3n) is 6.36. The van der Waals surface area contributed by atoms with Gasteiger partial charge in [-0.15, -0.1) is 0 Å². The molecule has 1 fully saturated rings. The van der Waals surface area contributed by atoms with Crippen LogP contribution in [0.1, 0.15) is 27.9 Å². The van der Waals surface area contributed by atoms with E-state index in [1.165, 1.54) is 16.8 Å². The van der Waals surface area contributed by atoms with Crippen LogP contribution >= 0.6 is 0 Å². The predicted octanol–water partition coefficient (Wildman–Crippen LogP) is 3.29. The summed E-state index contributed by atoms with van der Waals surface area (Å²) in [6.45, 7) is 12.9. The molecule has 1 amide bonds. The van der Waals surface area contributed by atoms with Crippen molar-refractivity contribution in [1.82, 2.24) is 14.5 Å². The van der Waals surface area contributed by atoms with Gasteiger partial charge in [-0.25, -0.2) is 4.98 Å². The third kappa shape index (κ3) is 4.07. The Morgan fingerprint density at radius 3 is 2.29 bits per heavy atom. The Morgan fingerprint density at radius 2 is 1.58 bits per heavy atom. The Hall–Kier alpha value is -3.15. The van der Waals surface area contributed by atoms with Crippen molar-refractivity contribution in [2.24, 2.45) is 0 Å². The molecule has 1 saturated heterocycles. The van der Waals surface area contributed by atoms with E-state index in [0.717, 1.165) is 35.2 Å². The largest absolute Gasteiger partial charge is 0.368 e. The van der Waals surface area contributed by atoms with Crippen LogP contribution in [0.5, 0.6) is 0 Å². The maximum absolute atomic E-state index is 13.1. The first-order chi connectivity index (χ1) is 14.7. The van der Waals surface area contributed by atoms with Gasteiger partial charge in [0.25, 0.3) is 5.56 Å². The molecule has 31 heavy (non-hydrogen) atoms. The van der Waals surface area contributed by atoms with Crippen molar-refractivity contribution >= 4 is 22.6 Å².